The van der Waals surface area contributed by atoms with E-state index in [-0.39, 0.29) is 24.1 Å². The van der Waals surface area contributed by atoms with Crippen molar-refractivity contribution in [2.24, 2.45) is 0 Å². The van der Waals surface area contributed by atoms with E-state index in [1.165, 1.54) is 12.1 Å². The lowest BCUT2D eigenvalue weighted by Gasteiger charge is -2.18. The Morgan fingerprint density at radius 3 is 2.31 bits per heavy atom. The molecule has 0 saturated carbocycles. The lowest BCUT2D eigenvalue weighted by Crippen LogP contribution is -2.24. The number of ether oxygens (including phenoxy) is 1. The van der Waals surface area contributed by atoms with Crippen molar-refractivity contribution in [1.82, 2.24) is 5.32 Å². The topological polar surface area (TPSA) is 51.5 Å². The highest BCUT2D eigenvalue weighted by atomic mass is 19.1. The minimum atomic E-state index is -0.301. The molecule has 1 heterocycles. The van der Waals surface area contributed by atoms with E-state index in [2.05, 4.69) is 5.32 Å². The predicted molar refractivity (Wildman–Crippen MR) is 96.4 cm³/mol. The number of benzene rings is 2. The fraction of sp³-hybridized carbons (Fsp3) is 0.190. The van der Waals surface area contributed by atoms with E-state index in [9.17, 15) is 9.18 Å². The molecule has 3 aromatic rings. The molecule has 26 heavy (non-hydrogen) atoms. The van der Waals surface area contributed by atoms with Gasteiger partial charge in [-0.05, 0) is 47.5 Å². The number of hydrogen-bond donors (Lipinski definition) is 1. The highest BCUT2D eigenvalue weighted by molar-refractivity contribution is 5.77. The number of carbonyl (C=O) groups is 1. The second-order valence-corrected chi connectivity index (χ2v) is 5.94. The molecule has 0 unspecified atom stereocenters. The smallest absolute Gasteiger partial charge is 0.221 e. The fourth-order valence-electron chi connectivity index (χ4n) is 2.82. The van der Waals surface area contributed by atoms with Crippen molar-refractivity contribution in [2.45, 2.75) is 18.9 Å². The summed E-state index contributed by atoms with van der Waals surface area (Å²) in [7, 11) is 1.61. The zero-order valence-electron chi connectivity index (χ0n) is 14.4. The molecule has 1 atom stereocenters. The van der Waals surface area contributed by atoms with Crippen molar-refractivity contribution in [1.29, 1.82) is 0 Å². The van der Waals surface area contributed by atoms with Gasteiger partial charge in [-0.25, -0.2) is 4.39 Å². The van der Waals surface area contributed by atoms with Gasteiger partial charge in [0.25, 0.3) is 0 Å². The number of halogens is 1. The van der Waals surface area contributed by atoms with Crippen LogP contribution in [-0.4, -0.2) is 13.0 Å². The first kappa shape index (κ1) is 17.7. The third-order valence-electron chi connectivity index (χ3n) is 4.22. The molecule has 1 aromatic heterocycles. The van der Waals surface area contributed by atoms with Crippen molar-refractivity contribution in [3.8, 4) is 5.75 Å². The zero-order chi connectivity index (χ0) is 18.4. The SMILES string of the molecule is COc1ccc([C@@H](CC(=O)NCc2ccco2)c2ccc(F)cc2)cc1. The van der Waals surface area contributed by atoms with Gasteiger partial charge in [0.15, 0.2) is 0 Å². The summed E-state index contributed by atoms with van der Waals surface area (Å²) in [6, 6.07) is 17.4. The van der Waals surface area contributed by atoms with Gasteiger partial charge in [-0.15, -0.1) is 0 Å². The molecule has 0 saturated heterocycles. The van der Waals surface area contributed by atoms with Gasteiger partial charge in [-0.2, -0.15) is 0 Å². The van der Waals surface area contributed by atoms with E-state index >= 15 is 0 Å². The van der Waals surface area contributed by atoms with Crippen LogP contribution >= 0.6 is 0 Å². The quantitative estimate of drug-likeness (QED) is 0.690. The molecule has 4 nitrogen and oxygen atoms in total. The minimum Gasteiger partial charge on any atom is -0.497 e. The highest BCUT2D eigenvalue weighted by Crippen LogP contribution is 2.29. The average Bonchev–Trinajstić information content (AvgIpc) is 3.19. The minimum absolute atomic E-state index is 0.105. The average molecular weight is 353 g/mol. The van der Waals surface area contributed by atoms with Crippen LogP contribution in [0, 0.1) is 5.82 Å². The summed E-state index contributed by atoms with van der Waals surface area (Å²) in [4.78, 5) is 12.4. The van der Waals surface area contributed by atoms with E-state index in [1.807, 2.05) is 24.3 Å². The van der Waals surface area contributed by atoms with Crippen molar-refractivity contribution in [3.63, 3.8) is 0 Å². The van der Waals surface area contributed by atoms with E-state index < -0.39 is 0 Å². The van der Waals surface area contributed by atoms with Gasteiger partial charge >= 0.3 is 0 Å². The Labute approximate surface area is 151 Å². The van der Waals surface area contributed by atoms with Crippen molar-refractivity contribution < 1.29 is 18.3 Å². The van der Waals surface area contributed by atoms with Crippen molar-refractivity contribution in [3.05, 3.63) is 89.6 Å². The summed E-state index contributed by atoms with van der Waals surface area (Å²) in [5, 5.41) is 2.86. The molecule has 3 rings (SSSR count). The Bertz CT molecular complexity index is 827. The number of amides is 1. The summed E-state index contributed by atoms with van der Waals surface area (Å²) in [6.45, 7) is 0.338. The van der Waals surface area contributed by atoms with Crippen LogP contribution in [0.2, 0.25) is 0 Å². The van der Waals surface area contributed by atoms with Gasteiger partial charge in [0.2, 0.25) is 5.91 Å². The number of rotatable bonds is 7. The van der Waals surface area contributed by atoms with Crippen LogP contribution in [0.5, 0.6) is 5.75 Å². The molecular formula is C21H20FNO3. The van der Waals surface area contributed by atoms with Crippen LogP contribution in [-0.2, 0) is 11.3 Å². The summed E-state index contributed by atoms with van der Waals surface area (Å²) in [6.07, 6.45) is 1.82. The lowest BCUT2D eigenvalue weighted by atomic mass is 9.88. The van der Waals surface area contributed by atoms with Crippen LogP contribution in [0.3, 0.4) is 0 Å². The first-order chi connectivity index (χ1) is 12.7. The zero-order valence-corrected chi connectivity index (χ0v) is 14.4. The fourth-order valence-corrected chi connectivity index (χ4v) is 2.82. The molecule has 0 spiro atoms. The molecule has 0 fully saturated rings. The molecule has 1 amide bonds. The maximum Gasteiger partial charge on any atom is 0.221 e. The number of nitrogens with one attached hydrogen (secondary N) is 1. The third-order valence-corrected chi connectivity index (χ3v) is 4.22. The molecule has 0 aliphatic carbocycles. The molecule has 0 aliphatic rings. The number of methoxy groups -OCH3 is 1. The monoisotopic (exact) mass is 353 g/mol. The second-order valence-electron chi connectivity index (χ2n) is 5.94. The van der Waals surface area contributed by atoms with E-state index in [1.54, 1.807) is 37.6 Å². The van der Waals surface area contributed by atoms with Crippen molar-refractivity contribution >= 4 is 5.91 Å². The Kier molecular flexibility index (Phi) is 5.69. The van der Waals surface area contributed by atoms with Gasteiger partial charge in [0, 0.05) is 12.3 Å². The summed E-state index contributed by atoms with van der Waals surface area (Å²) in [5.74, 6) is 0.851. The van der Waals surface area contributed by atoms with Crippen LogP contribution in [0.25, 0.3) is 0 Å². The van der Waals surface area contributed by atoms with E-state index in [0.717, 1.165) is 16.9 Å². The number of hydrogen-bond acceptors (Lipinski definition) is 3. The maximum atomic E-state index is 13.3. The van der Waals surface area contributed by atoms with Crippen LogP contribution in [0.1, 0.15) is 29.2 Å². The predicted octanol–water partition coefficient (Wildman–Crippen LogP) is 4.27. The summed E-state index contributed by atoms with van der Waals surface area (Å²) < 4.78 is 23.7. The summed E-state index contributed by atoms with van der Waals surface area (Å²) >= 11 is 0. The Balaban J connectivity index is 1.77. The maximum absolute atomic E-state index is 13.3. The van der Waals surface area contributed by atoms with Gasteiger partial charge in [-0.3, -0.25) is 4.79 Å². The van der Waals surface area contributed by atoms with E-state index in [4.69, 9.17) is 9.15 Å². The number of carbonyl (C=O) groups excluding carboxylic acids is 1. The van der Waals surface area contributed by atoms with Crippen LogP contribution in [0.15, 0.2) is 71.3 Å². The molecule has 0 bridgehead atoms. The van der Waals surface area contributed by atoms with Crippen molar-refractivity contribution in [2.75, 3.05) is 7.11 Å². The van der Waals surface area contributed by atoms with Crippen LogP contribution in [0.4, 0.5) is 4.39 Å². The Hall–Kier alpha value is -3.08. The second kappa shape index (κ2) is 8.34. The highest BCUT2D eigenvalue weighted by Gasteiger charge is 2.19. The molecule has 5 heteroatoms. The molecule has 134 valence electrons. The largest absolute Gasteiger partial charge is 0.497 e. The lowest BCUT2D eigenvalue weighted by molar-refractivity contribution is -0.121. The van der Waals surface area contributed by atoms with Gasteiger partial charge in [0.1, 0.15) is 17.3 Å². The normalized spacial score (nSPS) is 11.8. The first-order valence-electron chi connectivity index (χ1n) is 8.34. The first-order valence-corrected chi connectivity index (χ1v) is 8.34. The molecule has 0 radical (unpaired) electrons. The molecule has 0 aliphatic heterocycles. The Morgan fingerprint density at radius 1 is 1.08 bits per heavy atom. The van der Waals surface area contributed by atoms with Gasteiger partial charge in [-0.1, -0.05) is 24.3 Å². The Morgan fingerprint density at radius 2 is 1.73 bits per heavy atom. The molecule has 1 N–H and O–H groups in total. The molecule has 2 aromatic carbocycles. The van der Waals surface area contributed by atoms with Crippen LogP contribution < -0.4 is 10.1 Å². The van der Waals surface area contributed by atoms with Gasteiger partial charge in [0.05, 0.1) is 19.9 Å². The summed E-state index contributed by atoms with van der Waals surface area (Å²) in [5.41, 5.74) is 1.84. The molecular weight excluding hydrogens is 333 g/mol. The number of furan rings is 1. The third kappa shape index (κ3) is 4.51. The standard InChI is InChI=1S/C21H20FNO3/c1-25-18-10-6-16(7-11-18)20(15-4-8-17(22)9-5-15)13-21(24)23-14-19-3-2-12-26-19/h2-12,20H,13-14H2,1H3,(H,23,24)/t20-/m0/s1. The van der Waals surface area contributed by atoms with E-state index in [0.29, 0.717) is 12.3 Å². The van der Waals surface area contributed by atoms with Gasteiger partial charge < -0.3 is 14.5 Å².